The van der Waals surface area contributed by atoms with Crippen LogP contribution in [0.2, 0.25) is 6.43 Å². The summed E-state index contributed by atoms with van der Waals surface area (Å²) in [7, 11) is 0. The van der Waals surface area contributed by atoms with E-state index in [1.54, 1.807) is 0 Å². The zero-order valence-corrected chi connectivity index (χ0v) is 17.2. The average Bonchev–Trinajstić information content (AvgIpc) is 3.13. The van der Waals surface area contributed by atoms with Gasteiger partial charge in [-0.3, -0.25) is 24.5 Å². The number of benzene rings is 2. The van der Waals surface area contributed by atoms with Gasteiger partial charge in [0.25, 0.3) is 11.8 Å². The molecule has 4 rings (SSSR count). The maximum Gasteiger partial charge on any atom is 0.349 e. The molecule has 2 aromatic carbocycles. The van der Waals surface area contributed by atoms with Crippen LogP contribution in [0.4, 0.5) is 8.78 Å². The molecule has 2 N–H and O–H groups in total. The van der Waals surface area contributed by atoms with Gasteiger partial charge in [-0.2, -0.15) is 8.78 Å². The Hall–Kier alpha value is -3.33. The van der Waals surface area contributed by atoms with Gasteiger partial charge in [0, 0.05) is 35.6 Å². The van der Waals surface area contributed by atoms with Crippen LogP contribution in [0.3, 0.4) is 0 Å². The summed E-state index contributed by atoms with van der Waals surface area (Å²) >= 11 is 5.69. The van der Waals surface area contributed by atoms with E-state index in [-0.39, 0.29) is 35.5 Å². The van der Waals surface area contributed by atoms with Crippen molar-refractivity contribution in [2.24, 2.45) is 0 Å². The van der Waals surface area contributed by atoms with Crippen molar-refractivity contribution in [3.8, 4) is 0 Å². The van der Waals surface area contributed by atoms with Gasteiger partial charge in [-0.1, -0.05) is 35.9 Å². The van der Waals surface area contributed by atoms with Crippen molar-refractivity contribution in [2.45, 2.75) is 37.8 Å². The molecule has 1 saturated heterocycles. The van der Waals surface area contributed by atoms with E-state index in [4.69, 9.17) is 15.8 Å². The molecule has 0 aliphatic carbocycles. The molecule has 1 fully saturated rings. The van der Waals surface area contributed by atoms with Crippen molar-refractivity contribution in [3.63, 3.8) is 0 Å². The number of alkyl halides is 2. The van der Waals surface area contributed by atoms with Crippen LogP contribution < -0.4 is 10.6 Å². The third-order valence-electron chi connectivity index (χ3n) is 5.29. The van der Waals surface area contributed by atoms with E-state index in [2.05, 4.69) is 5.32 Å². The molecule has 0 saturated carbocycles. The summed E-state index contributed by atoms with van der Waals surface area (Å²) in [4.78, 5) is 50.1. The fraction of sp³-hybridized carbons (Fsp3) is 0.273. The normalized spacial score (nSPS) is 20.2. The second-order valence-electron chi connectivity index (χ2n) is 7.38. The highest BCUT2D eigenvalue weighted by molar-refractivity contribution is 6.30. The first kappa shape index (κ1) is 18.3. The number of carbonyl (C=O) groups is 4. The number of carbonyl (C=O) groups excluding carboxylic acids is 4. The minimum atomic E-state index is -4.20. The second-order valence-corrected chi connectivity index (χ2v) is 7.82. The van der Waals surface area contributed by atoms with Gasteiger partial charge >= 0.3 is 5.92 Å². The summed E-state index contributed by atoms with van der Waals surface area (Å²) in [5.74, 6) is -7.86. The van der Waals surface area contributed by atoms with E-state index in [0.29, 0.717) is 5.56 Å². The minimum Gasteiger partial charge on any atom is -0.346 e. The van der Waals surface area contributed by atoms with Crippen LogP contribution in [0.1, 0.15) is 42.6 Å². The second kappa shape index (κ2) is 8.31. The number of halogens is 3. The molecule has 166 valence electrons. The number of nitrogens with one attached hydrogen (secondary N) is 2. The molecule has 2 aliphatic heterocycles. The van der Waals surface area contributed by atoms with Crippen molar-refractivity contribution in [2.75, 3.05) is 0 Å². The number of amides is 4. The molecule has 4 amide bonds. The lowest BCUT2D eigenvalue weighted by atomic mass is 10.0. The van der Waals surface area contributed by atoms with E-state index < -0.39 is 53.0 Å². The van der Waals surface area contributed by atoms with Gasteiger partial charge in [-0.05, 0) is 35.7 Å². The summed E-state index contributed by atoms with van der Waals surface area (Å²) in [6.07, 6.45) is 0.189. The molecule has 0 spiro atoms. The monoisotopic (exact) mass is 464 g/mol. The summed E-state index contributed by atoms with van der Waals surface area (Å²) in [5, 5.41) is 1.90. The predicted octanol–water partition coefficient (Wildman–Crippen LogP) is 2.51. The van der Waals surface area contributed by atoms with E-state index in [1.807, 2.05) is 0 Å². The van der Waals surface area contributed by atoms with Crippen LogP contribution in [0.5, 0.6) is 0 Å². The fourth-order valence-corrected chi connectivity index (χ4v) is 3.74. The lowest BCUT2D eigenvalue weighted by molar-refractivity contribution is -0.147. The Bertz CT molecular complexity index is 1240. The molecule has 32 heavy (non-hydrogen) atoms. The fourth-order valence-electron chi connectivity index (χ4n) is 3.61. The van der Waals surface area contributed by atoms with Gasteiger partial charge in [0.2, 0.25) is 11.8 Å². The van der Waals surface area contributed by atoms with Crippen LogP contribution in [0.15, 0.2) is 42.5 Å². The van der Waals surface area contributed by atoms with Crippen molar-refractivity contribution >= 4 is 35.2 Å². The molecule has 0 radical (unpaired) electrons. The average molecular weight is 465 g/mol. The van der Waals surface area contributed by atoms with E-state index in [9.17, 15) is 28.0 Å². The Balaban J connectivity index is 1.58. The predicted molar refractivity (Wildman–Crippen MR) is 110 cm³/mol. The summed E-state index contributed by atoms with van der Waals surface area (Å²) in [6, 6.07) is 6.81. The van der Waals surface area contributed by atoms with E-state index in [1.165, 1.54) is 17.0 Å². The van der Waals surface area contributed by atoms with Crippen molar-refractivity contribution in [1.29, 1.82) is 0 Å². The molecule has 2 aromatic rings. The van der Waals surface area contributed by atoms with Gasteiger partial charge in [-0.15, -0.1) is 0 Å². The molecule has 2 heterocycles. The first-order chi connectivity index (χ1) is 16.3. The number of rotatable bonds is 5. The van der Waals surface area contributed by atoms with Gasteiger partial charge in [-0.25, -0.2) is 0 Å². The van der Waals surface area contributed by atoms with Crippen molar-refractivity contribution < 1.29 is 32.1 Å². The Morgan fingerprint density at radius 3 is 2.66 bits per heavy atom. The Morgan fingerprint density at radius 1 is 1.25 bits per heavy atom. The smallest absolute Gasteiger partial charge is 0.346 e. The summed E-state index contributed by atoms with van der Waals surface area (Å²) < 4.78 is 53.8. The molecule has 1 atom stereocenters. The van der Waals surface area contributed by atoms with Gasteiger partial charge in [0.15, 0.2) is 1.41 Å². The first-order valence-corrected chi connectivity index (χ1v) is 9.97. The number of hydrogen-bond acceptors (Lipinski definition) is 4. The third kappa shape index (κ3) is 4.08. The molecule has 1 unspecified atom stereocenters. The number of fused-ring (bicyclic) bond motifs is 1. The molecule has 0 bridgehead atoms. The van der Waals surface area contributed by atoms with Crippen LogP contribution >= 0.6 is 11.6 Å². The highest BCUT2D eigenvalue weighted by Gasteiger charge is 2.41. The van der Waals surface area contributed by atoms with Crippen molar-refractivity contribution in [1.82, 2.24) is 15.5 Å². The van der Waals surface area contributed by atoms with Crippen LogP contribution in [-0.2, 0) is 33.3 Å². The SMILES string of the molecule is [2H]N(C(=O)C(F)(F)c1ccc(Cl)cc1)C([2H])([2H])c1ccc2c(c1)CN(C1CCC(=O)NC1=O)C2=O. The maximum absolute atomic E-state index is 14.7. The topological polar surface area (TPSA) is 95.6 Å². The van der Waals surface area contributed by atoms with Gasteiger partial charge in [0.05, 0.1) is 2.74 Å². The third-order valence-corrected chi connectivity index (χ3v) is 5.54. The maximum atomic E-state index is 14.7. The number of piperidine rings is 1. The zero-order valence-electron chi connectivity index (χ0n) is 19.4. The Labute approximate surface area is 191 Å². The highest BCUT2D eigenvalue weighted by atomic mass is 35.5. The number of imide groups is 1. The highest BCUT2D eigenvalue weighted by Crippen LogP contribution is 2.30. The Morgan fingerprint density at radius 2 is 1.97 bits per heavy atom. The van der Waals surface area contributed by atoms with Gasteiger partial charge < -0.3 is 10.2 Å². The van der Waals surface area contributed by atoms with Crippen LogP contribution in [0, 0.1) is 0 Å². The lowest BCUT2D eigenvalue weighted by Gasteiger charge is -2.29. The van der Waals surface area contributed by atoms with Crippen molar-refractivity contribution in [3.05, 3.63) is 69.7 Å². The Kier molecular flexibility index (Phi) is 4.74. The number of hydrogen-bond donors (Lipinski definition) is 2. The van der Waals surface area contributed by atoms with E-state index >= 15 is 0 Å². The molecule has 0 aromatic heterocycles. The van der Waals surface area contributed by atoms with E-state index in [0.717, 1.165) is 30.3 Å². The molecule has 7 nitrogen and oxygen atoms in total. The lowest BCUT2D eigenvalue weighted by Crippen LogP contribution is -2.52. The quantitative estimate of drug-likeness (QED) is 0.665. The molecule has 10 heteroatoms. The van der Waals surface area contributed by atoms with Crippen LogP contribution in [0.25, 0.3) is 0 Å². The molecular weight excluding hydrogens is 444 g/mol. The standard InChI is InChI=1S/C22H18ClF2N3O4/c23-15-4-2-14(3-5-15)22(24,25)21(32)26-10-12-1-6-16-13(9-12)11-28(20(16)31)17-7-8-18(29)27-19(17)30/h1-6,9,17H,7-8,10-11H2,(H,26,32)(H,27,29,30)/i10D2/hD. The zero-order chi connectivity index (χ0) is 25.7. The first-order valence-electron chi connectivity index (χ1n) is 11.0. The summed E-state index contributed by atoms with van der Waals surface area (Å²) in [6.45, 7) is -3.07. The largest absolute Gasteiger partial charge is 0.349 e. The number of nitrogens with zero attached hydrogens (tertiary/aromatic N) is 1. The molecule has 2 aliphatic rings. The summed E-state index contributed by atoms with van der Waals surface area (Å²) in [5.41, 5.74) is -0.584. The minimum absolute atomic E-state index is 0.0576. The van der Waals surface area contributed by atoms with Gasteiger partial charge in [0.1, 0.15) is 6.04 Å². The molecular formula is C22H18ClF2N3O4. The van der Waals surface area contributed by atoms with Crippen LogP contribution in [-0.4, -0.2) is 34.6 Å².